The number of hydrogen-bond donors (Lipinski definition) is 2. The molecule has 3 heterocycles. The van der Waals surface area contributed by atoms with Gasteiger partial charge in [-0.1, -0.05) is 41.7 Å². The fourth-order valence-corrected chi connectivity index (χ4v) is 6.86. The third kappa shape index (κ3) is 5.71. The maximum absolute atomic E-state index is 13.4. The van der Waals surface area contributed by atoms with E-state index in [2.05, 4.69) is 43.4 Å². The topological polar surface area (TPSA) is 101 Å². The van der Waals surface area contributed by atoms with Crippen LogP contribution in [-0.2, 0) is 0 Å². The fraction of sp³-hybridized carbons (Fsp3) is 0.321. The van der Waals surface area contributed by atoms with Gasteiger partial charge >= 0.3 is 0 Å². The van der Waals surface area contributed by atoms with E-state index in [9.17, 15) is 4.79 Å². The summed E-state index contributed by atoms with van der Waals surface area (Å²) in [7, 11) is 4.44. The summed E-state index contributed by atoms with van der Waals surface area (Å²) in [4.78, 5) is 27.1. The molecule has 1 aliphatic rings. The van der Waals surface area contributed by atoms with Crippen molar-refractivity contribution in [1.82, 2.24) is 14.9 Å². The zero-order valence-electron chi connectivity index (χ0n) is 23.4. The number of ether oxygens (including phenoxy) is 3. The standard InChI is InChI=1S/C28H29Cl3N6O4S/c1-5-36-8-10-37(11-9-36)15-6-7-17(18(12-15)39-2)34-27-26-22(32-14-33-27)16(13-42-26)28(38)35-23-19(29)24(40-3)21(31)25(41-4)20(23)30/h6-7,12-14H,5,8-11H2,1-4H3,(H,35,38)(H,32,33,34). The number of carbonyl (C=O) groups excluding carboxylic acids is 1. The van der Waals surface area contributed by atoms with E-state index in [0.717, 1.165) is 44.1 Å². The van der Waals surface area contributed by atoms with Crippen LogP contribution in [0, 0.1) is 0 Å². The van der Waals surface area contributed by atoms with Crippen molar-refractivity contribution in [2.45, 2.75) is 6.92 Å². The van der Waals surface area contributed by atoms with Gasteiger partial charge in [0.05, 0.1) is 48.5 Å². The zero-order chi connectivity index (χ0) is 30.0. The second kappa shape index (κ2) is 13.0. The number of aromatic nitrogens is 2. The van der Waals surface area contributed by atoms with E-state index >= 15 is 0 Å². The number of hydrogen-bond acceptors (Lipinski definition) is 10. The number of fused-ring (bicyclic) bond motifs is 1. The monoisotopic (exact) mass is 650 g/mol. The normalized spacial score (nSPS) is 13.7. The van der Waals surface area contributed by atoms with Crippen molar-refractivity contribution in [1.29, 1.82) is 0 Å². The van der Waals surface area contributed by atoms with Gasteiger partial charge in [-0.05, 0) is 18.7 Å². The second-order valence-electron chi connectivity index (χ2n) is 9.32. The number of methoxy groups -OCH3 is 3. The van der Waals surface area contributed by atoms with E-state index < -0.39 is 5.91 Å². The molecule has 0 atom stereocenters. The second-order valence-corrected chi connectivity index (χ2v) is 11.3. The smallest absolute Gasteiger partial charge is 0.258 e. The number of benzene rings is 2. The maximum Gasteiger partial charge on any atom is 0.258 e. The highest BCUT2D eigenvalue weighted by atomic mass is 35.5. The van der Waals surface area contributed by atoms with Crippen molar-refractivity contribution in [3.05, 3.63) is 50.5 Å². The van der Waals surface area contributed by atoms with Gasteiger partial charge in [0.1, 0.15) is 27.1 Å². The van der Waals surface area contributed by atoms with Gasteiger partial charge in [0.25, 0.3) is 5.91 Å². The summed E-state index contributed by atoms with van der Waals surface area (Å²) in [5.74, 6) is 0.995. The van der Waals surface area contributed by atoms with Crippen LogP contribution in [0.4, 0.5) is 22.9 Å². The minimum Gasteiger partial charge on any atom is -0.494 e. The lowest BCUT2D eigenvalue weighted by molar-refractivity contribution is 0.102. The maximum atomic E-state index is 13.4. The van der Waals surface area contributed by atoms with Crippen LogP contribution < -0.4 is 29.7 Å². The third-order valence-corrected chi connectivity index (χ3v) is 9.14. The van der Waals surface area contributed by atoms with Crippen LogP contribution >= 0.6 is 46.1 Å². The Kier molecular flexibility index (Phi) is 9.34. The molecule has 2 aromatic carbocycles. The lowest BCUT2D eigenvalue weighted by atomic mass is 10.2. The van der Waals surface area contributed by atoms with Crippen molar-refractivity contribution in [2.24, 2.45) is 0 Å². The SMILES string of the molecule is CCN1CCN(c2ccc(Nc3ncnc4c(C(=O)Nc5c(Cl)c(OC)c(Cl)c(OC)c5Cl)csc34)c(OC)c2)CC1. The number of amides is 1. The molecule has 0 aliphatic carbocycles. The Hall–Kier alpha value is -3.22. The molecule has 4 aromatic rings. The summed E-state index contributed by atoms with van der Waals surface area (Å²) >= 11 is 20.6. The molecular formula is C28H29Cl3N6O4S. The lowest BCUT2D eigenvalue weighted by Crippen LogP contribution is -2.46. The van der Waals surface area contributed by atoms with Gasteiger partial charge in [0.15, 0.2) is 17.3 Å². The molecule has 1 amide bonds. The van der Waals surface area contributed by atoms with Crippen molar-refractivity contribution in [3.8, 4) is 17.2 Å². The van der Waals surface area contributed by atoms with Crippen LogP contribution in [0.1, 0.15) is 17.3 Å². The summed E-state index contributed by atoms with van der Waals surface area (Å²) in [5.41, 5.74) is 2.72. The lowest BCUT2D eigenvalue weighted by Gasteiger charge is -2.35. The summed E-state index contributed by atoms with van der Waals surface area (Å²) in [5, 5.41) is 7.99. The molecule has 1 saturated heterocycles. The van der Waals surface area contributed by atoms with Gasteiger partial charge in [-0.25, -0.2) is 9.97 Å². The zero-order valence-corrected chi connectivity index (χ0v) is 26.5. The first-order valence-electron chi connectivity index (χ1n) is 13.1. The Morgan fingerprint density at radius 3 is 2.29 bits per heavy atom. The average molecular weight is 652 g/mol. The Morgan fingerprint density at radius 2 is 1.67 bits per heavy atom. The number of thiophene rings is 1. The molecule has 1 fully saturated rings. The van der Waals surface area contributed by atoms with Crippen LogP contribution in [0.3, 0.4) is 0 Å². The van der Waals surface area contributed by atoms with Crippen LogP contribution in [0.15, 0.2) is 29.9 Å². The first-order valence-corrected chi connectivity index (χ1v) is 15.1. The molecule has 0 radical (unpaired) electrons. The average Bonchev–Trinajstić information content (AvgIpc) is 3.45. The van der Waals surface area contributed by atoms with Crippen LogP contribution in [0.5, 0.6) is 17.2 Å². The van der Waals surface area contributed by atoms with E-state index in [0.29, 0.717) is 27.3 Å². The highest BCUT2D eigenvalue weighted by Crippen LogP contribution is 2.50. The molecular weight excluding hydrogens is 623 g/mol. The van der Waals surface area contributed by atoms with Gasteiger partial charge in [-0.3, -0.25) is 4.79 Å². The molecule has 0 spiro atoms. The summed E-state index contributed by atoms with van der Waals surface area (Å²) in [6, 6.07) is 6.07. The number of nitrogens with zero attached hydrogens (tertiary/aromatic N) is 4. The van der Waals surface area contributed by atoms with Gasteiger partial charge in [0, 0.05) is 43.3 Å². The van der Waals surface area contributed by atoms with E-state index in [4.69, 9.17) is 49.0 Å². The van der Waals surface area contributed by atoms with Crippen molar-refractivity contribution < 1.29 is 19.0 Å². The molecule has 14 heteroatoms. The first kappa shape index (κ1) is 30.2. The number of halogens is 3. The number of likely N-dealkylation sites (N-methyl/N-ethyl adjacent to an activating group) is 1. The van der Waals surface area contributed by atoms with E-state index in [-0.39, 0.29) is 32.3 Å². The predicted molar refractivity (Wildman–Crippen MR) is 171 cm³/mol. The molecule has 5 rings (SSSR count). The molecule has 10 nitrogen and oxygen atoms in total. The highest BCUT2D eigenvalue weighted by molar-refractivity contribution is 7.18. The number of piperazine rings is 1. The van der Waals surface area contributed by atoms with Gasteiger partial charge in [-0.15, -0.1) is 11.3 Å². The van der Waals surface area contributed by atoms with Crippen LogP contribution in [-0.4, -0.2) is 74.8 Å². The highest BCUT2D eigenvalue weighted by Gasteiger charge is 2.26. The molecule has 222 valence electrons. The fourth-order valence-electron chi connectivity index (χ4n) is 4.80. The Balaban J connectivity index is 1.41. The number of nitrogens with one attached hydrogen (secondary N) is 2. The van der Waals surface area contributed by atoms with Gasteiger partial charge < -0.3 is 34.6 Å². The summed E-state index contributed by atoms with van der Waals surface area (Å²) < 4.78 is 17.0. The minimum absolute atomic E-state index is 0.0425. The minimum atomic E-state index is -0.480. The number of anilines is 4. The number of carbonyl (C=O) groups is 1. The largest absolute Gasteiger partial charge is 0.494 e. The molecule has 0 unspecified atom stereocenters. The van der Waals surface area contributed by atoms with Crippen LogP contribution in [0.25, 0.3) is 10.2 Å². The van der Waals surface area contributed by atoms with Crippen molar-refractivity contribution >= 4 is 85.1 Å². The summed E-state index contributed by atoms with van der Waals surface area (Å²) in [6.45, 7) is 7.23. The van der Waals surface area contributed by atoms with Crippen molar-refractivity contribution in [3.63, 3.8) is 0 Å². The van der Waals surface area contributed by atoms with Crippen molar-refractivity contribution in [2.75, 3.05) is 69.6 Å². The van der Waals surface area contributed by atoms with Gasteiger partial charge in [0.2, 0.25) is 0 Å². The van der Waals surface area contributed by atoms with Crippen LogP contribution in [0.2, 0.25) is 15.1 Å². The van der Waals surface area contributed by atoms with E-state index in [1.807, 2.05) is 12.1 Å². The molecule has 1 aliphatic heterocycles. The Bertz CT molecular complexity index is 1600. The predicted octanol–water partition coefficient (Wildman–Crippen LogP) is 6.82. The van der Waals surface area contributed by atoms with E-state index in [1.54, 1.807) is 12.5 Å². The molecule has 42 heavy (non-hydrogen) atoms. The molecule has 2 N–H and O–H groups in total. The Labute approximate surface area is 262 Å². The molecule has 0 saturated carbocycles. The molecule has 0 bridgehead atoms. The first-order chi connectivity index (χ1) is 20.3. The Morgan fingerprint density at radius 1 is 0.976 bits per heavy atom. The van der Waals surface area contributed by atoms with E-state index in [1.165, 1.54) is 31.9 Å². The quantitative estimate of drug-likeness (QED) is 0.202. The number of rotatable bonds is 9. The van der Waals surface area contributed by atoms with Gasteiger partial charge in [-0.2, -0.15) is 0 Å². The third-order valence-electron chi connectivity index (χ3n) is 7.10. The molecule has 2 aromatic heterocycles. The summed E-state index contributed by atoms with van der Waals surface area (Å²) in [6.07, 6.45) is 1.40.